The number of hydrogen-bond acceptors (Lipinski definition) is 5. The molecular weight excluding hydrogens is 526 g/mol. The number of amides is 3. The molecule has 1 aliphatic carbocycles. The van der Waals surface area contributed by atoms with E-state index in [0.717, 1.165) is 40.7 Å². The number of aliphatic hydroxyl groups excluding tert-OH is 1. The van der Waals surface area contributed by atoms with E-state index in [1.54, 1.807) is 11.1 Å². The van der Waals surface area contributed by atoms with Gasteiger partial charge < -0.3 is 20.6 Å². The number of nitrogens with one attached hydrogen (secondary N) is 2. The van der Waals surface area contributed by atoms with Gasteiger partial charge in [0.15, 0.2) is 0 Å². The summed E-state index contributed by atoms with van der Waals surface area (Å²) in [5.41, 5.74) is 8.00. The molecule has 0 radical (unpaired) electrons. The van der Waals surface area contributed by atoms with Gasteiger partial charge in [-0.1, -0.05) is 48.5 Å². The zero-order valence-corrected chi connectivity index (χ0v) is 23.9. The van der Waals surface area contributed by atoms with Gasteiger partial charge in [-0.25, -0.2) is 9.78 Å². The van der Waals surface area contributed by atoms with E-state index in [1.165, 1.54) is 11.1 Å². The number of carbonyl (C=O) groups is 2. The Labute approximate surface area is 245 Å². The minimum atomic E-state index is -0.380. The van der Waals surface area contributed by atoms with E-state index in [4.69, 9.17) is 4.98 Å². The van der Waals surface area contributed by atoms with Crippen LogP contribution in [-0.2, 0) is 19.4 Å². The number of urea groups is 1. The Kier molecular flexibility index (Phi) is 7.71. The number of hydrogen-bond donors (Lipinski definition) is 3. The molecule has 1 atom stereocenters. The molecule has 214 valence electrons. The van der Waals surface area contributed by atoms with Gasteiger partial charge >= 0.3 is 6.03 Å². The molecule has 3 heterocycles. The zero-order chi connectivity index (χ0) is 29.2. The van der Waals surface area contributed by atoms with E-state index in [9.17, 15) is 14.7 Å². The van der Waals surface area contributed by atoms with Crippen LogP contribution in [0.5, 0.6) is 0 Å². The lowest BCUT2D eigenvalue weighted by molar-refractivity contribution is 0.0933. The van der Waals surface area contributed by atoms with Gasteiger partial charge in [0, 0.05) is 54.3 Å². The van der Waals surface area contributed by atoms with E-state index >= 15 is 0 Å². The predicted octanol–water partition coefficient (Wildman–Crippen LogP) is 5.06. The SMILES string of the molecule is CC(C)NC(=O)N1Cc2cc(C(=O)NC3Cc4ccccc4C3)nc(-c3cccc(-c4cccnc4)c3)c2[C@@H]1CCO. The van der Waals surface area contributed by atoms with E-state index < -0.39 is 0 Å². The summed E-state index contributed by atoms with van der Waals surface area (Å²) >= 11 is 0. The molecular formula is C34H35N5O3. The van der Waals surface area contributed by atoms with Crippen LogP contribution in [0.4, 0.5) is 4.79 Å². The largest absolute Gasteiger partial charge is 0.396 e. The second-order valence-corrected chi connectivity index (χ2v) is 11.4. The van der Waals surface area contributed by atoms with Crippen molar-refractivity contribution >= 4 is 11.9 Å². The molecule has 2 aromatic carbocycles. The molecule has 2 aliphatic rings. The van der Waals surface area contributed by atoms with Crippen LogP contribution in [-0.4, -0.2) is 50.6 Å². The van der Waals surface area contributed by atoms with Crippen LogP contribution in [0.2, 0.25) is 0 Å². The molecule has 0 saturated heterocycles. The average Bonchev–Trinajstić information content (AvgIpc) is 3.58. The fourth-order valence-electron chi connectivity index (χ4n) is 6.16. The maximum atomic E-state index is 13.7. The van der Waals surface area contributed by atoms with Gasteiger partial charge in [-0.05, 0) is 73.6 Å². The van der Waals surface area contributed by atoms with Crippen LogP contribution >= 0.6 is 0 Å². The lowest BCUT2D eigenvalue weighted by Crippen LogP contribution is -2.42. The zero-order valence-electron chi connectivity index (χ0n) is 23.9. The molecule has 6 rings (SSSR count). The summed E-state index contributed by atoms with van der Waals surface area (Å²) in [7, 11) is 0. The van der Waals surface area contributed by atoms with Crippen LogP contribution < -0.4 is 10.6 Å². The predicted molar refractivity (Wildman–Crippen MR) is 162 cm³/mol. The minimum absolute atomic E-state index is 0.00207. The lowest BCUT2D eigenvalue weighted by atomic mass is 9.94. The van der Waals surface area contributed by atoms with E-state index in [0.29, 0.717) is 24.4 Å². The first kappa shape index (κ1) is 27.6. The molecule has 3 N–H and O–H groups in total. The molecule has 8 heteroatoms. The third-order valence-electron chi connectivity index (χ3n) is 8.02. The highest BCUT2D eigenvalue weighted by Crippen LogP contribution is 2.42. The second-order valence-electron chi connectivity index (χ2n) is 11.4. The molecule has 0 unspecified atom stereocenters. The number of nitrogens with zero attached hydrogens (tertiary/aromatic N) is 3. The molecule has 42 heavy (non-hydrogen) atoms. The summed E-state index contributed by atoms with van der Waals surface area (Å²) in [6.07, 6.45) is 5.49. The molecule has 1 aliphatic heterocycles. The van der Waals surface area contributed by atoms with Crippen LogP contribution in [0, 0.1) is 0 Å². The van der Waals surface area contributed by atoms with Gasteiger partial charge in [0.1, 0.15) is 5.69 Å². The summed E-state index contributed by atoms with van der Waals surface area (Å²) < 4.78 is 0. The first-order valence-electron chi connectivity index (χ1n) is 14.5. The summed E-state index contributed by atoms with van der Waals surface area (Å²) in [6, 6.07) is 21.4. The van der Waals surface area contributed by atoms with Crippen molar-refractivity contribution in [1.29, 1.82) is 0 Å². The Morgan fingerprint density at radius 3 is 2.38 bits per heavy atom. The summed E-state index contributed by atoms with van der Waals surface area (Å²) in [6.45, 7) is 4.08. The van der Waals surface area contributed by atoms with E-state index in [-0.39, 0.29) is 36.7 Å². The Bertz CT molecular complexity index is 1600. The number of aromatic nitrogens is 2. The van der Waals surface area contributed by atoms with Gasteiger partial charge in [0.05, 0.1) is 11.7 Å². The maximum absolute atomic E-state index is 13.7. The van der Waals surface area contributed by atoms with Crippen molar-refractivity contribution in [3.8, 4) is 22.4 Å². The summed E-state index contributed by atoms with van der Waals surface area (Å²) in [5, 5.41) is 16.2. The summed E-state index contributed by atoms with van der Waals surface area (Å²) in [5.74, 6) is -0.232. The molecule has 0 fully saturated rings. The van der Waals surface area contributed by atoms with Gasteiger partial charge in [-0.2, -0.15) is 0 Å². The van der Waals surface area contributed by atoms with Crippen LogP contribution in [0.15, 0.2) is 79.1 Å². The first-order valence-corrected chi connectivity index (χ1v) is 14.5. The van der Waals surface area contributed by atoms with Gasteiger partial charge in [0.25, 0.3) is 5.91 Å². The maximum Gasteiger partial charge on any atom is 0.318 e. The Hall–Kier alpha value is -4.56. The van der Waals surface area contributed by atoms with Crippen molar-refractivity contribution in [3.63, 3.8) is 0 Å². The van der Waals surface area contributed by atoms with Crippen LogP contribution in [0.25, 0.3) is 22.4 Å². The number of pyridine rings is 2. The first-order chi connectivity index (χ1) is 20.4. The Morgan fingerprint density at radius 1 is 0.952 bits per heavy atom. The third-order valence-corrected chi connectivity index (χ3v) is 8.02. The average molecular weight is 562 g/mol. The minimum Gasteiger partial charge on any atom is -0.396 e. The highest BCUT2D eigenvalue weighted by molar-refractivity contribution is 5.94. The quantitative estimate of drug-likeness (QED) is 0.292. The van der Waals surface area contributed by atoms with Crippen molar-refractivity contribution in [3.05, 3.63) is 107 Å². The fourth-order valence-corrected chi connectivity index (χ4v) is 6.16. The topological polar surface area (TPSA) is 107 Å². The normalized spacial score (nSPS) is 15.9. The highest BCUT2D eigenvalue weighted by atomic mass is 16.3. The molecule has 3 amide bonds. The highest BCUT2D eigenvalue weighted by Gasteiger charge is 2.37. The summed E-state index contributed by atoms with van der Waals surface area (Å²) in [4.78, 5) is 37.9. The number of fused-ring (bicyclic) bond motifs is 2. The molecule has 4 aromatic rings. The smallest absolute Gasteiger partial charge is 0.318 e. The van der Waals surface area contributed by atoms with Gasteiger partial charge in [-0.3, -0.25) is 9.78 Å². The van der Waals surface area contributed by atoms with Crippen molar-refractivity contribution in [2.24, 2.45) is 0 Å². The lowest BCUT2D eigenvalue weighted by Gasteiger charge is -2.27. The van der Waals surface area contributed by atoms with Gasteiger partial charge in [-0.15, -0.1) is 0 Å². The van der Waals surface area contributed by atoms with Crippen LogP contribution in [0.1, 0.15) is 59.1 Å². The van der Waals surface area contributed by atoms with E-state index in [1.807, 2.05) is 74.6 Å². The molecule has 0 spiro atoms. The van der Waals surface area contributed by atoms with Gasteiger partial charge in [0.2, 0.25) is 0 Å². The molecule has 0 saturated carbocycles. The standard InChI is InChI=1S/C34H35N5O3/c1-21(2)36-34(42)39-20-27-18-29(33(41)37-28-16-23-7-3-4-8-24(23)17-28)38-32(31(27)30(39)12-14-40)25-10-5-9-22(15-25)26-11-6-13-35-19-26/h3-11,13,15,18-19,21,28,30,40H,12,14,16-17,20H2,1-2H3,(H,36,42)(H,37,41)/t30-/m0/s1. The number of aliphatic hydroxyl groups is 1. The number of rotatable bonds is 7. The third kappa shape index (κ3) is 5.50. The fraction of sp³-hybridized carbons (Fsp3) is 0.294. The van der Waals surface area contributed by atoms with Crippen molar-refractivity contribution in [2.75, 3.05) is 6.61 Å². The van der Waals surface area contributed by atoms with Crippen molar-refractivity contribution in [2.45, 2.75) is 57.8 Å². The molecule has 8 nitrogen and oxygen atoms in total. The molecule has 2 aromatic heterocycles. The number of benzene rings is 2. The van der Waals surface area contributed by atoms with E-state index in [2.05, 4.69) is 27.8 Å². The Balaban J connectivity index is 1.40. The second kappa shape index (κ2) is 11.7. The molecule has 0 bridgehead atoms. The monoisotopic (exact) mass is 561 g/mol. The van der Waals surface area contributed by atoms with Crippen LogP contribution in [0.3, 0.4) is 0 Å². The van der Waals surface area contributed by atoms with Crippen molar-refractivity contribution < 1.29 is 14.7 Å². The number of carbonyl (C=O) groups excluding carboxylic acids is 2. The van der Waals surface area contributed by atoms with Crippen molar-refractivity contribution in [1.82, 2.24) is 25.5 Å². The Morgan fingerprint density at radius 2 is 1.69 bits per heavy atom.